The van der Waals surface area contributed by atoms with E-state index in [-0.39, 0.29) is 23.8 Å². The van der Waals surface area contributed by atoms with Crippen molar-refractivity contribution in [3.63, 3.8) is 0 Å². The summed E-state index contributed by atoms with van der Waals surface area (Å²) in [6.07, 6.45) is 7.85. The van der Waals surface area contributed by atoms with Crippen molar-refractivity contribution in [1.29, 1.82) is 0 Å². The van der Waals surface area contributed by atoms with Crippen LogP contribution in [0.25, 0.3) is 0 Å². The molecule has 138 valence electrons. The fraction of sp³-hybridized carbons (Fsp3) is 0.895. The lowest BCUT2D eigenvalue weighted by molar-refractivity contribution is -0.131. The fourth-order valence-corrected chi connectivity index (χ4v) is 3.66. The number of Topliss-reactive ketones (excluding diaryl/α,β-unsaturated/α-hetero) is 1. The number of amides is 1. The van der Waals surface area contributed by atoms with Crippen molar-refractivity contribution in [1.82, 2.24) is 5.32 Å². The Morgan fingerprint density at radius 2 is 1.71 bits per heavy atom. The van der Waals surface area contributed by atoms with Crippen LogP contribution in [0.1, 0.15) is 65.2 Å². The molecule has 0 aromatic rings. The highest BCUT2D eigenvalue weighted by molar-refractivity contribution is 5.84. The standard InChI is InChI=1S/C19H33NO4/c1-13(2)19(22)14-11-15(12-14)20-18(21)5-4-10-24-17-8-6-16(23-3)7-9-17/h13-17H,4-12H2,1-3H3,(H,20,21). The van der Waals surface area contributed by atoms with Crippen molar-refractivity contribution in [3.8, 4) is 0 Å². The van der Waals surface area contributed by atoms with Crippen LogP contribution in [-0.4, -0.2) is 43.7 Å². The highest BCUT2D eigenvalue weighted by Crippen LogP contribution is 2.30. The van der Waals surface area contributed by atoms with E-state index in [0.717, 1.165) is 44.9 Å². The van der Waals surface area contributed by atoms with Gasteiger partial charge in [-0.25, -0.2) is 0 Å². The monoisotopic (exact) mass is 339 g/mol. The van der Waals surface area contributed by atoms with Crippen molar-refractivity contribution in [2.75, 3.05) is 13.7 Å². The Kier molecular flexibility index (Phi) is 7.69. The largest absolute Gasteiger partial charge is 0.381 e. The lowest BCUT2D eigenvalue weighted by Crippen LogP contribution is -2.47. The lowest BCUT2D eigenvalue weighted by Gasteiger charge is -2.35. The summed E-state index contributed by atoms with van der Waals surface area (Å²) in [7, 11) is 1.77. The molecule has 0 aromatic carbocycles. The van der Waals surface area contributed by atoms with E-state index in [4.69, 9.17) is 9.47 Å². The summed E-state index contributed by atoms with van der Waals surface area (Å²) in [5.74, 6) is 0.669. The Balaban J connectivity index is 1.48. The van der Waals surface area contributed by atoms with Crippen LogP contribution in [0.2, 0.25) is 0 Å². The predicted molar refractivity (Wildman–Crippen MR) is 92.7 cm³/mol. The highest BCUT2D eigenvalue weighted by atomic mass is 16.5. The lowest BCUT2D eigenvalue weighted by atomic mass is 9.75. The highest BCUT2D eigenvalue weighted by Gasteiger charge is 2.35. The summed E-state index contributed by atoms with van der Waals surface area (Å²) >= 11 is 0. The fourth-order valence-electron chi connectivity index (χ4n) is 3.66. The second kappa shape index (κ2) is 9.52. The summed E-state index contributed by atoms with van der Waals surface area (Å²) in [6, 6.07) is 0.190. The molecular formula is C19H33NO4. The molecule has 0 saturated heterocycles. The number of carbonyl (C=O) groups excluding carboxylic acids is 2. The number of carbonyl (C=O) groups is 2. The summed E-state index contributed by atoms with van der Waals surface area (Å²) < 4.78 is 11.2. The number of hydrogen-bond acceptors (Lipinski definition) is 4. The second-order valence-corrected chi connectivity index (χ2v) is 7.60. The Bertz CT molecular complexity index is 410. The number of ether oxygens (including phenoxy) is 2. The smallest absolute Gasteiger partial charge is 0.220 e. The van der Waals surface area contributed by atoms with Crippen LogP contribution in [0.5, 0.6) is 0 Å². The zero-order chi connectivity index (χ0) is 17.5. The van der Waals surface area contributed by atoms with Gasteiger partial charge in [0, 0.05) is 38.0 Å². The van der Waals surface area contributed by atoms with Gasteiger partial charge in [-0.05, 0) is 44.9 Å². The molecule has 1 amide bonds. The molecule has 2 saturated carbocycles. The zero-order valence-corrected chi connectivity index (χ0v) is 15.4. The van der Waals surface area contributed by atoms with Crippen molar-refractivity contribution in [3.05, 3.63) is 0 Å². The predicted octanol–water partition coefficient (Wildman–Crippen LogP) is 2.86. The zero-order valence-electron chi connectivity index (χ0n) is 15.4. The molecule has 24 heavy (non-hydrogen) atoms. The quantitative estimate of drug-likeness (QED) is 0.656. The Hall–Kier alpha value is -0.940. The van der Waals surface area contributed by atoms with E-state index in [9.17, 15) is 9.59 Å². The van der Waals surface area contributed by atoms with Crippen LogP contribution in [0, 0.1) is 11.8 Å². The molecule has 0 unspecified atom stereocenters. The molecule has 0 radical (unpaired) electrons. The topological polar surface area (TPSA) is 64.6 Å². The van der Waals surface area contributed by atoms with Gasteiger partial charge in [0.2, 0.25) is 5.91 Å². The number of methoxy groups -OCH3 is 1. The third-order valence-corrected chi connectivity index (χ3v) is 5.33. The maximum absolute atomic E-state index is 11.9. The molecular weight excluding hydrogens is 306 g/mol. The van der Waals surface area contributed by atoms with Crippen LogP contribution >= 0.6 is 0 Å². The molecule has 0 spiro atoms. The number of nitrogens with one attached hydrogen (secondary N) is 1. The minimum absolute atomic E-state index is 0.0853. The van der Waals surface area contributed by atoms with Gasteiger partial charge in [0.05, 0.1) is 12.2 Å². The Morgan fingerprint density at radius 1 is 1.08 bits per heavy atom. The van der Waals surface area contributed by atoms with Crippen LogP contribution < -0.4 is 5.32 Å². The van der Waals surface area contributed by atoms with E-state index in [2.05, 4.69) is 5.32 Å². The molecule has 5 heteroatoms. The molecule has 0 aromatic heterocycles. The van der Waals surface area contributed by atoms with Gasteiger partial charge >= 0.3 is 0 Å². The molecule has 5 nitrogen and oxygen atoms in total. The first-order valence-electron chi connectivity index (χ1n) is 9.47. The third kappa shape index (κ3) is 5.85. The van der Waals surface area contributed by atoms with Crippen molar-refractivity contribution < 1.29 is 19.1 Å². The van der Waals surface area contributed by atoms with Crippen LogP contribution in [-0.2, 0) is 19.1 Å². The van der Waals surface area contributed by atoms with E-state index < -0.39 is 0 Å². The number of rotatable bonds is 9. The maximum Gasteiger partial charge on any atom is 0.220 e. The average Bonchev–Trinajstić information content (AvgIpc) is 2.54. The van der Waals surface area contributed by atoms with Gasteiger partial charge in [0.15, 0.2) is 0 Å². The minimum Gasteiger partial charge on any atom is -0.381 e. The molecule has 0 heterocycles. The summed E-state index contributed by atoms with van der Waals surface area (Å²) in [4.78, 5) is 23.7. The molecule has 2 rings (SSSR count). The van der Waals surface area contributed by atoms with Crippen LogP contribution in [0.4, 0.5) is 0 Å². The number of ketones is 1. The van der Waals surface area contributed by atoms with E-state index in [1.54, 1.807) is 7.11 Å². The van der Waals surface area contributed by atoms with Crippen molar-refractivity contribution in [2.24, 2.45) is 11.8 Å². The molecule has 2 aliphatic rings. The second-order valence-electron chi connectivity index (χ2n) is 7.60. The first-order valence-corrected chi connectivity index (χ1v) is 9.47. The van der Waals surface area contributed by atoms with Crippen LogP contribution in [0.3, 0.4) is 0 Å². The first kappa shape index (κ1) is 19.4. The maximum atomic E-state index is 11.9. The van der Waals surface area contributed by atoms with E-state index in [1.807, 2.05) is 13.8 Å². The van der Waals surface area contributed by atoms with Gasteiger partial charge in [-0.1, -0.05) is 13.8 Å². The minimum atomic E-state index is 0.0853. The molecule has 2 fully saturated rings. The molecule has 0 bridgehead atoms. The van der Waals surface area contributed by atoms with E-state index in [1.165, 1.54) is 0 Å². The summed E-state index contributed by atoms with van der Waals surface area (Å²) in [5.41, 5.74) is 0. The third-order valence-electron chi connectivity index (χ3n) is 5.33. The molecule has 0 aliphatic heterocycles. The van der Waals surface area contributed by atoms with Gasteiger partial charge < -0.3 is 14.8 Å². The van der Waals surface area contributed by atoms with Gasteiger partial charge in [0.1, 0.15) is 5.78 Å². The molecule has 2 aliphatic carbocycles. The van der Waals surface area contributed by atoms with E-state index >= 15 is 0 Å². The summed E-state index contributed by atoms with van der Waals surface area (Å²) in [5, 5.41) is 3.03. The Morgan fingerprint density at radius 3 is 2.29 bits per heavy atom. The summed E-state index contributed by atoms with van der Waals surface area (Å²) in [6.45, 7) is 4.53. The normalized spacial score (nSPS) is 30.0. The number of hydrogen-bond donors (Lipinski definition) is 1. The first-order chi connectivity index (χ1) is 11.5. The van der Waals surface area contributed by atoms with Gasteiger partial charge in [0.25, 0.3) is 0 Å². The van der Waals surface area contributed by atoms with Crippen LogP contribution in [0.15, 0.2) is 0 Å². The van der Waals surface area contributed by atoms with Gasteiger partial charge in [-0.2, -0.15) is 0 Å². The molecule has 1 N–H and O–H groups in total. The average molecular weight is 339 g/mol. The SMILES string of the molecule is COC1CCC(OCCCC(=O)NC2CC(C(=O)C(C)C)C2)CC1. The van der Waals surface area contributed by atoms with Gasteiger partial charge in [-0.15, -0.1) is 0 Å². The molecule has 0 atom stereocenters. The van der Waals surface area contributed by atoms with Crippen molar-refractivity contribution in [2.45, 2.75) is 83.5 Å². The van der Waals surface area contributed by atoms with Crippen molar-refractivity contribution >= 4 is 11.7 Å². The Labute approximate surface area is 145 Å². The van der Waals surface area contributed by atoms with Gasteiger partial charge in [-0.3, -0.25) is 9.59 Å². The van der Waals surface area contributed by atoms with E-state index in [0.29, 0.717) is 31.0 Å².